The van der Waals surface area contributed by atoms with Gasteiger partial charge in [-0.25, -0.2) is 4.79 Å². The predicted molar refractivity (Wildman–Crippen MR) is 116 cm³/mol. The van der Waals surface area contributed by atoms with E-state index in [2.05, 4.69) is 5.32 Å². The lowest BCUT2D eigenvalue weighted by molar-refractivity contribution is -0.148. The number of carboxylic acids is 1. The minimum Gasteiger partial charge on any atom is -0.480 e. The van der Waals surface area contributed by atoms with E-state index in [-0.39, 0.29) is 23.7 Å². The van der Waals surface area contributed by atoms with Gasteiger partial charge in [0.25, 0.3) is 0 Å². The summed E-state index contributed by atoms with van der Waals surface area (Å²) in [4.78, 5) is 53.6. The SMILES string of the molecule is CC(C)C[C@H](NC(=O)[C@@H]1CCCN1C(=O)[C@@H]1CCCN1C(=O)[C@@H](N)CC(C)C)C(=O)O. The fourth-order valence-electron chi connectivity index (χ4n) is 4.56. The molecule has 0 aromatic carbocycles. The van der Waals surface area contributed by atoms with Crippen molar-refractivity contribution in [1.29, 1.82) is 0 Å². The van der Waals surface area contributed by atoms with Crippen LogP contribution in [-0.4, -0.2) is 75.9 Å². The molecule has 176 valence electrons. The molecule has 2 aliphatic rings. The summed E-state index contributed by atoms with van der Waals surface area (Å²) >= 11 is 0. The van der Waals surface area contributed by atoms with Crippen molar-refractivity contribution in [1.82, 2.24) is 15.1 Å². The Morgan fingerprint density at radius 3 is 2.03 bits per heavy atom. The van der Waals surface area contributed by atoms with Gasteiger partial charge in [0.1, 0.15) is 18.1 Å². The van der Waals surface area contributed by atoms with Crippen molar-refractivity contribution >= 4 is 23.7 Å². The van der Waals surface area contributed by atoms with Gasteiger partial charge in [0, 0.05) is 13.1 Å². The molecule has 0 radical (unpaired) electrons. The first kappa shape index (κ1) is 25.1. The molecule has 2 heterocycles. The normalized spacial score (nSPS) is 23.3. The number of nitrogens with two attached hydrogens (primary N) is 1. The molecule has 2 saturated heterocycles. The molecule has 2 aliphatic heterocycles. The van der Waals surface area contributed by atoms with E-state index in [1.807, 2.05) is 27.7 Å². The second kappa shape index (κ2) is 10.9. The van der Waals surface area contributed by atoms with Crippen LogP contribution in [0.2, 0.25) is 0 Å². The highest BCUT2D eigenvalue weighted by molar-refractivity contribution is 5.94. The number of nitrogens with one attached hydrogen (secondary N) is 1. The van der Waals surface area contributed by atoms with E-state index < -0.39 is 36.0 Å². The van der Waals surface area contributed by atoms with Crippen molar-refractivity contribution in [2.24, 2.45) is 17.6 Å². The van der Waals surface area contributed by atoms with Crippen LogP contribution in [0.15, 0.2) is 0 Å². The largest absolute Gasteiger partial charge is 0.480 e. The fourth-order valence-corrected chi connectivity index (χ4v) is 4.56. The molecule has 0 aromatic rings. The Balaban J connectivity index is 2.08. The quantitative estimate of drug-likeness (QED) is 0.491. The Hall–Kier alpha value is -2.16. The summed E-state index contributed by atoms with van der Waals surface area (Å²) in [5.41, 5.74) is 6.08. The number of amides is 3. The molecule has 0 unspecified atom stereocenters. The summed E-state index contributed by atoms with van der Waals surface area (Å²) < 4.78 is 0. The third-order valence-electron chi connectivity index (χ3n) is 6.02. The average Bonchev–Trinajstić information content (AvgIpc) is 3.34. The van der Waals surface area contributed by atoms with E-state index in [1.54, 1.807) is 4.90 Å². The number of nitrogens with zero attached hydrogens (tertiary/aromatic N) is 2. The molecular formula is C22H38N4O5. The van der Waals surface area contributed by atoms with Gasteiger partial charge in [0.15, 0.2) is 0 Å². The number of hydrogen-bond acceptors (Lipinski definition) is 5. The maximum absolute atomic E-state index is 13.3. The highest BCUT2D eigenvalue weighted by Gasteiger charge is 2.43. The zero-order chi connectivity index (χ0) is 23.3. The highest BCUT2D eigenvalue weighted by atomic mass is 16.4. The van der Waals surface area contributed by atoms with Crippen LogP contribution in [0.1, 0.15) is 66.2 Å². The number of rotatable bonds is 9. The molecule has 2 fully saturated rings. The zero-order valence-electron chi connectivity index (χ0n) is 19.2. The van der Waals surface area contributed by atoms with Crippen LogP contribution in [0.3, 0.4) is 0 Å². The van der Waals surface area contributed by atoms with Crippen molar-refractivity contribution in [2.75, 3.05) is 13.1 Å². The fraction of sp³-hybridized carbons (Fsp3) is 0.818. The monoisotopic (exact) mass is 438 g/mol. The van der Waals surface area contributed by atoms with Crippen LogP contribution in [0.4, 0.5) is 0 Å². The van der Waals surface area contributed by atoms with Crippen molar-refractivity contribution in [3.05, 3.63) is 0 Å². The van der Waals surface area contributed by atoms with Crippen molar-refractivity contribution in [3.8, 4) is 0 Å². The molecule has 0 aromatic heterocycles. The van der Waals surface area contributed by atoms with E-state index in [9.17, 15) is 24.3 Å². The minimum absolute atomic E-state index is 0.107. The summed E-state index contributed by atoms with van der Waals surface area (Å²) in [6.07, 6.45) is 3.29. The first-order valence-corrected chi connectivity index (χ1v) is 11.4. The molecular weight excluding hydrogens is 400 g/mol. The van der Waals surface area contributed by atoms with Crippen molar-refractivity contribution in [2.45, 2.75) is 90.4 Å². The van der Waals surface area contributed by atoms with E-state index in [1.165, 1.54) is 4.90 Å². The molecule has 0 saturated carbocycles. The van der Waals surface area contributed by atoms with Crippen LogP contribution < -0.4 is 11.1 Å². The number of likely N-dealkylation sites (tertiary alicyclic amines) is 2. The number of carboxylic acid groups (broad SMARTS) is 1. The topological polar surface area (TPSA) is 133 Å². The summed E-state index contributed by atoms with van der Waals surface area (Å²) in [6.45, 7) is 8.69. The molecule has 4 atom stereocenters. The maximum atomic E-state index is 13.3. The molecule has 3 amide bonds. The van der Waals surface area contributed by atoms with E-state index >= 15 is 0 Å². The predicted octanol–water partition coefficient (Wildman–Crippen LogP) is 0.957. The first-order valence-electron chi connectivity index (χ1n) is 11.4. The number of aliphatic carboxylic acids is 1. The van der Waals surface area contributed by atoms with E-state index in [0.29, 0.717) is 45.2 Å². The second-order valence-electron chi connectivity index (χ2n) is 9.64. The number of hydrogen-bond donors (Lipinski definition) is 3. The van der Waals surface area contributed by atoms with Gasteiger partial charge in [0.2, 0.25) is 17.7 Å². The van der Waals surface area contributed by atoms with Gasteiger partial charge in [-0.1, -0.05) is 27.7 Å². The van der Waals surface area contributed by atoms with Gasteiger partial charge in [0.05, 0.1) is 6.04 Å². The van der Waals surface area contributed by atoms with E-state index in [0.717, 1.165) is 6.42 Å². The second-order valence-corrected chi connectivity index (χ2v) is 9.64. The number of carbonyl (C=O) groups is 4. The molecule has 0 spiro atoms. The Morgan fingerprint density at radius 1 is 0.935 bits per heavy atom. The maximum Gasteiger partial charge on any atom is 0.326 e. The first-order chi connectivity index (χ1) is 14.5. The summed E-state index contributed by atoms with van der Waals surface area (Å²) in [7, 11) is 0. The van der Waals surface area contributed by atoms with Crippen LogP contribution in [-0.2, 0) is 19.2 Å². The molecule has 2 rings (SSSR count). The Bertz CT molecular complexity index is 681. The molecule has 31 heavy (non-hydrogen) atoms. The number of carbonyl (C=O) groups excluding carboxylic acids is 3. The van der Waals surface area contributed by atoms with Gasteiger partial charge in [-0.3, -0.25) is 14.4 Å². The highest BCUT2D eigenvalue weighted by Crippen LogP contribution is 2.26. The third-order valence-corrected chi connectivity index (χ3v) is 6.02. The van der Waals surface area contributed by atoms with Gasteiger partial charge >= 0.3 is 5.97 Å². The summed E-state index contributed by atoms with van der Waals surface area (Å²) in [5, 5.41) is 12.0. The summed E-state index contributed by atoms with van der Waals surface area (Å²) in [6, 6.07) is -2.93. The van der Waals surface area contributed by atoms with Crippen molar-refractivity contribution in [3.63, 3.8) is 0 Å². The molecule has 9 nitrogen and oxygen atoms in total. The molecule has 4 N–H and O–H groups in total. The van der Waals surface area contributed by atoms with Crippen LogP contribution >= 0.6 is 0 Å². The lowest BCUT2D eigenvalue weighted by Crippen LogP contribution is -2.56. The van der Waals surface area contributed by atoms with Crippen LogP contribution in [0.5, 0.6) is 0 Å². The summed E-state index contributed by atoms with van der Waals surface area (Å²) in [5.74, 6) is -1.59. The van der Waals surface area contributed by atoms with Gasteiger partial charge < -0.3 is 26.0 Å². The standard InChI is InChI=1S/C22H38N4O5/c1-13(2)11-15(23)20(28)26-10-6-8-18(26)21(29)25-9-5-7-17(25)19(27)24-16(22(30)31)12-14(3)4/h13-18H,5-12,23H2,1-4H3,(H,24,27)(H,30,31)/t15-,16-,17-,18-/m0/s1. The molecule has 0 bridgehead atoms. The minimum atomic E-state index is -1.08. The lowest BCUT2D eigenvalue weighted by atomic mass is 10.0. The third kappa shape index (κ3) is 6.41. The average molecular weight is 439 g/mol. The van der Waals surface area contributed by atoms with Crippen LogP contribution in [0, 0.1) is 11.8 Å². The Morgan fingerprint density at radius 2 is 1.48 bits per heavy atom. The van der Waals surface area contributed by atoms with Gasteiger partial charge in [-0.05, 0) is 50.4 Å². The Kier molecular flexibility index (Phi) is 8.85. The Labute approximate surface area is 184 Å². The van der Waals surface area contributed by atoms with Crippen LogP contribution in [0.25, 0.3) is 0 Å². The lowest BCUT2D eigenvalue weighted by Gasteiger charge is -2.32. The molecule has 9 heteroatoms. The van der Waals surface area contributed by atoms with E-state index in [4.69, 9.17) is 5.73 Å². The van der Waals surface area contributed by atoms with Gasteiger partial charge in [-0.15, -0.1) is 0 Å². The zero-order valence-corrected chi connectivity index (χ0v) is 19.2. The molecule has 0 aliphatic carbocycles. The smallest absolute Gasteiger partial charge is 0.326 e. The van der Waals surface area contributed by atoms with Gasteiger partial charge in [-0.2, -0.15) is 0 Å². The van der Waals surface area contributed by atoms with Crippen molar-refractivity contribution < 1.29 is 24.3 Å².